The Kier molecular flexibility index (Phi) is 7.08. The van der Waals surface area contributed by atoms with Crippen LogP contribution in [0.3, 0.4) is 0 Å². The summed E-state index contributed by atoms with van der Waals surface area (Å²) in [6.07, 6.45) is 9.58. The van der Waals surface area contributed by atoms with Crippen LogP contribution < -0.4 is 10.2 Å². The van der Waals surface area contributed by atoms with Gasteiger partial charge in [0.15, 0.2) is 0 Å². The van der Waals surface area contributed by atoms with E-state index in [4.69, 9.17) is 9.72 Å². The van der Waals surface area contributed by atoms with Crippen LogP contribution >= 0.6 is 0 Å². The van der Waals surface area contributed by atoms with Gasteiger partial charge in [-0.05, 0) is 69.3 Å². The van der Waals surface area contributed by atoms with Crippen LogP contribution in [0, 0.1) is 28.9 Å². The number of nitrogens with zero attached hydrogens (tertiary/aromatic N) is 6. The minimum absolute atomic E-state index is 0.0800. The van der Waals surface area contributed by atoms with E-state index in [1.807, 2.05) is 19.1 Å². The fourth-order valence-electron chi connectivity index (χ4n) is 6.96. The number of anilines is 3. The van der Waals surface area contributed by atoms with Crippen molar-refractivity contribution in [1.29, 1.82) is 0 Å². The smallest absolute Gasteiger partial charge is 0.294 e. The van der Waals surface area contributed by atoms with Crippen molar-refractivity contribution in [3.63, 3.8) is 0 Å². The van der Waals surface area contributed by atoms with Gasteiger partial charge in [-0.1, -0.05) is 24.8 Å². The molecule has 0 amide bonds. The first-order chi connectivity index (χ1) is 21.3. The number of likely N-dealkylation sites (tertiary alicyclic amines) is 1. The van der Waals surface area contributed by atoms with Gasteiger partial charge in [0.2, 0.25) is 5.95 Å². The van der Waals surface area contributed by atoms with Crippen LogP contribution in [0.1, 0.15) is 36.9 Å². The molecule has 10 nitrogen and oxygen atoms in total. The molecule has 0 bridgehead atoms. The molecule has 7 rings (SSSR count). The molecular weight excluding hydrogens is 554 g/mol. The number of nitro benzene ring substituents is 1. The van der Waals surface area contributed by atoms with E-state index in [2.05, 4.69) is 69.6 Å². The van der Waals surface area contributed by atoms with Crippen LogP contribution in [0.4, 0.5) is 23.0 Å². The van der Waals surface area contributed by atoms with Crippen LogP contribution in [0.5, 0.6) is 0 Å². The van der Waals surface area contributed by atoms with Crippen LogP contribution in [0.25, 0.3) is 27.9 Å². The van der Waals surface area contributed by atoms with E-state index in [1.165, 1.54) is 5.52 Å². The van der Waals surface area contributed by atoms with Crippen molar-refractivity contribution in [1.82, 2.24) is 19.4 Å². The summed E-state index contributed by atoms with van der Waals surface area (Å²) in [5.74, 6) is 1.86. The zero-order valence-corrected chi connectivity index (χ0v) is 25.4. The van der Waals surface area contributed by atoms with Crippen molar-refractivity contribution in [2.75, 3.05) is 43.4 Å². The van der Waals surface area contributed by atoms with E-state index in [1.54, 1.807) is 24.6 Å². The molecule has 2 aromatic heterocycles. The third-order valence-electron chi connectivity index (χ3n) is 9.14. The van der Waals surface area contributed by atoms with E-state index < -0.39 is 0 Å². The molecule has 4 aromatic rings. The van der Waals surface area contributed by atoms with E-state index in [0.717, 1.165) is 55.5 Å². The van der Waals surface area contributed by atoms with Crippen molar-refractivity contribution >= 4 is 39.7 Å². The Balaban J connectivity index is 1.26. The monoisotopic (exact) mass is 591 g/mol. The van der Waals surface area contributed by atoms with Gasteiger partial charge in [-0.15, -0.1) is 0 Å². The Morgan fingerprint density at radius 2 is 1.93 bits per heavy atom. The molecule has 2 aromatic carbocycles. The standard InChI is InChI=1S/C34H37N7O3/c1-5-13-44-22(3)27-15-35-34(37-33(27)28-20-40(26-10-11-26)30-8-6-7-21(2)32(28)30)36-25-9-12-29(31(14-25)41(42)43)39-18-23-16-38(4)17-24(23)19-39/h5-9,12-15,20,23-24,26H,3,10-11,16-19H2,1-2,4H3,(H,35,36,37)/b13-5-/t23-,24?/m1/s1. The molecule has 1 unspecified atom stereocenters. The largest absolute Gasteiger partial charge is 0.465 e. The fourth-order valence-corrected chi connectivity index (χ4v) is 6.96. The van der Waals surface area contributed by atoms with Gasteiger partial charge in [-0.2, -0.15) is 0 Å². The molecule has 226 valence electrons. The Morgan fingerprint density at radius 3 is 2.64 bits per heavy atom. The molecule has 0 spiro atoms. The van der Waals surface area contributed by atoms with Crippen LogP contribution in [-0.4, -0.2) is 57.6 Å². The van der Waals surface area contributed by atoms with Gasteiger partial charge in [0.1, 0.15) is 11.4 Å². The lowest BCUT2D eigenvalue weighted by Crippen LogP contribution is -2.27. The first-order valence-electron chi connectivity index (χ1n) is 15.2. The first-order valence-corrected chi connectivity index (χ1v) is 15.2. The molecule has 10 heteroatoms. The number of nitrogens with one attached hydrogen (secondary N) is 1. The fraction of sp³-hybridized carbons (Fsp3) is 0.353. The van der Waals surface area contributed by atoms with Gasteiger partial charge >= 0.3 is 0 Å². The lowest BCUT2D eigenvalue weighted by molar-refractivity contribution is -0.384. The van der Waals surface area contributed by atoms with Gasteiger partial charge < -0.3 is 24.4 Å². The van der Waals surface area contributed by atoms with Gasteiger partial charge in [0.25, 0.3) is 5.69 Å². The summed E-state index contributed by atoms with van der Waals surface area (Å²) in [7, 11) is 2.14. The number of allylic oxidation sites excluding steroid dienone is 1. The second-order valence-electron chi connectivity index (χ2n) is 12.3. The normalized spacial score (nSPS) is 20.0. The van der Waals surface area contributed by atoms with E-state index in [0.29, 0.717) is 52.2 Å². The van der Waals surface area contributed by atoms with Crippen molar-refractivity contribution in [2.45, 2.75) is 32.7 Å². The highest BCUT2D eigenvalue weighted by Gasteiger charge is 2.40. The minimum atomic E-state index is -0.297. The summed E-state index contributed by atoms with van der Waals surface area (Å²) in [5, 5.41) is 16.6. The van der Waals surface area contributed by atoms with E-state index in [-0.39, 0.29) is 10.6 Å². The summed E-state index contributed by atoms with van der Waals surface area (Å²) >= 11 is 0. The number of ether oxygens (including phenoxy) is 1. The highest BCUT2D eigenvalue weighted by atomic mass is 16.6. The van der Waals surface area contributed by atoms with Gasteiger partial charge in [0, 0.05) is 72.8 Å². The Morgan fingerprint density at radius 1 is 1.16 bits per heavy atom. The van der Waals surface area contributed by atoms with Gasteiger partial charge in [-0.3, -0.25) is 10.1 Å². The highest BCUT2D eigenvalue weighted by Crippen LogP contribution is 2.44. The summed E-state index contributed by atoms with van der Waals surface area (Å²) in [5.41, 5.74) is 5.96. The number of benzene rings is 2. The molecule has 2 aliphatic heterocycles. The summed E-state index contributed by atoms with van der Waals surface area (Å²) in [4.78, 5) is 26.0. The predicted octanol–water partition coefficient (Wildman–Crippen LogP) is 6.91. The average Bonchev–Trinajstić information content (AvgIpc) is 3.52. The summed E-state index contributed by atoms with van der Waals surface area (Å²) in [6.45, 7) is 11.9. The first kappa shape index (κ1) is 28.1. The van der Waals surface area contributed by atoms with E-state index in [9.17, 15) is 10.1 Å². The number of aryl methyl sites for hydroxylation is 1. The lowest BCUT2D eigenvalue weighted by atomic mass is 10.0. The molecule has 3 fully saturated rings. The Hall–Kier alpha value is -4.70. The zero-order valence-electron chi connectivity index (χ0n) is 25.4. The topological polar surface area (TPSA) is 102 Å². The maximum Gasteiger partial charge on any atom is 0.294 e. The molecule has 3 aliphatic rings. The maximum atomic E-state index is 12.2. The van der Waals surface area contributed by atoms with Crippen LogP contribution in [-0.2, 0) is 4.74 Å². The van der Waals surface area contributed by atoms with Gasteiger partial charge in [0.05, 0.1) is 22.4 Å². The summed E-state index contributed by atoms with van der Waals surface area (Å²) < 4.78 is 8.13. The van der Waals surface area contributed by atoms with Crippen LogP contribution in [0.2, 0.25) is 0 Å². The third kappa shape index (κ3) is 5.09. The average molecular weight is 592 g/mol. The van der Waals surface area contributed by atoms with Crippen molar-refractivity contribution in [2.24, 2.45) is 11.8 Å². The molecular formula is C34H37N7O3. The molecule has 1 aliphatic carbocycles. The molecule has 1 saturated carbocycles. The maximum absolute atomic E-state index is 12.2. The molecule has 1 N–H and O–H groups in total. The second kappa shape index (κ2) is 11.1. The lowest BCUT2D eigenvalue weighted by Gasteiger charge is -2.21. The number of fused-ring (bicyclic) bond motifs is 2. The van der Waals surface area contributed by atoms with Crippen molar-refractivity contribution in [3.05, 3.63) is 89.0 Å². The third-order valence-corrected chi connectivity index (χ3v) is 9.14. The SMILES string of the molecule is C=C(O/C=C\C)c1cnc(Nc2ccc(N3CC4CN(C)C[C@@H]4C3)c([N+](=O)[O-])c2)nc1-c1cn(C2CC2)c2cccc(C)c12. The quantitative estimate of drug-likeness (QED) is 0.127. The highest BCUT2D eigenvalue weighted by molar-refractivity contribution is 5.99. The number of hydrogen-bond donors (Lipinski definition) is 1. The number of aromatic nitrogens is 3. The van der Waals surface area contributed by atoms with Gasteiger partial charge in [-0.25, -0.2) is 9.97 Å². The predicted molar refractivity (Wildman–Crippen MR) is 174 cm³/mol. The Bertz CT molecular complexity index is 1790. The molecule has 44 heavy (non-hydrogen) atoms. The molecule has 2 atom stereocenters. The molecule has 2 saturated heterocycles. The molecule has 4 heterocycles. The molecule has 0 radical (unpaired) electrons. The number of nitro groups is 1. The second-order valence-corrected chi connectivity index (χ2v) is 12.3. The summed E-state index contributed by atoms with van der Waals surface area (Å²) in [6, 6.07) is 12.1. The van der Waals surface area contributed by atoms with Crippen molar-refractivity contribution < 1.29 is 9.66 Å². The van der Waals surface area contributed by atoms with Crippen molar-refractivity contribution in [3.8, 4) is 11.3 Å². The minimum Gasteiger partial charge on any atom is -0.465 e. The number of hydrogen-bond acceptors (Lipinski definition) is 8. The number of rotatable bonds is 9. The zero-order chi connectivity index (χ0) is 30.5. The van der Waals surface area contributed by atoms with E-state index >= 15 is 0 Å². The Labute approximate surface area is 256 Å². The van der Waals surface area contributed by atoms with Crippen LogP contribution in [0.15, 0.2) is 67.7 Å².